The van der Waals surface area contributed by atoms with E-state index >= 15 is 0 Å². The van der Waals surface area contributed by atoms with Gasteiger partial charge < -0.3 is 13.6 Å². The molecular weight excluding hydrogens is 272 g/mol. The first-order valence-electron chi connectivity index (χ1n) is 7.00. The van der Waals surface area contributed by atoms with Crippen LogP contribution in [0.25, 0.3) is 0 Å². The molecule has 1 rings (SSSR count). The molecule has 0 fully saturated rings. The van der Waals surface area contributed by atoms with Crippen LogP contribution >= 0.6 is 0 Å². The lowest BCUT2D eigenvalue weighted by Gasteiger charge is -2.36. The SMILES string of the molecule is CCOC(=O)Cc1cc(O[Si](C)(C)C(C)(C)C)c(C)o1. The maximum Gasteiger partial charge on any atom is 0.313 e. The molecule has 0 saturated carbocycles. The second kappa shape index (κ2) is 6.04. The number of hydrogen-bond donors (Lipinski definition) is 0. The fourth-order valence-corrected chi connectivity index (χ4v) is 2.55. The van der Waals surface area contributed by atoms with Gasteiger partial charge in [-0.1, -0.05) is 20.8 Å². The molecule has 0 atom stereocenters. The molecule has 0 N–H and O–H groups in total. The summed E-state index contributed by atoms with van der Waals surface area (Å²) in [5.74, 6) is 1.78. The third-order valence-electron chi connectivity index (χ3n) is 3.72. The predicted molar refractivity (Wildman–Crippen MR) is 81.6 cm³/mol. The topological polar surface area (TPSA) is 48.7 Å². The fraction of sp³-hybridized carbons (Fsp3) is 0.667. The number of hydrogen-bond acceptors (Lipinski definition) is 4. The third-order valence-corrected chi connectivity index (χ3v) is 8.06. The van der Waals surface area contributed by atoms with Crippen molar-refractivity contribution >= 4 is 14.3 Å². The monoisotopic (exact) mass is 298 g/mol. The normalized spacial score (nSPS) is 12.3. The lowest BCUT2D eigenvalue weighted by atomic mass is 10.2. The second-order valence-corrected chi connectivity index (χ2v) is 11.2. The molecule has 0 amide bonds. The number of furan rings is 1. The van der Waals surface area contributed by atoms with E-state index in [0.29, 0.717) is 18.1 Å². The molecule has 20 heavy (non-hydrogen) atoms. The Bertz CT molecular complexity index is 469. The third kappa shape index (κ3) is 4.13. The average Bonchev–Trinajstić information content (AvgIpc) is 2.56. The summed E-state index contributed by atoms with van der Waals surface area (Å²) >= 11 is 0. The standard InChI is InChI=1S/C15H26O4Si/c1-8-17-14(16)10-12-9-13(11(2)18-12)19-20(6,7)15(3,4)5/h9H,8,10H2,1-7H3. The van der Waals surface area contributed by atoms with Gasteiger partial charge in [-0.15, -0.1) is 0 Å². The van der Waals surface area contributed by atoms with E-state index in [2.05, 4.69) is 33.9 Å². The Kier molecular flexibility index (Phi) is 5.08. The summed E-state index contributed by atoms with van der Waals surface area (Å²) in [6, 6.07) is 1.81. The summed E-state index contributed by atoms with van der Waals surface area (Å²) in [5, 5.41) is 0.123. The van der Waals surface area contributed by atoms with Crippen molar-refractivity contribution in [2.75, 3.05) is 6.61 Å². The van der Waals surface area contributed by atoms with Crippen LogP contribution in [0.2, 0.25) is 18.1 Å². The zero-order chi connectivity index (χ0) is 15.6. The van der Waals surface area contributed by atoms with E-state index in [0.717, 1.165) is 5.75 Å². The van der Waals surface area contributed by atoms with E-state index in [1.807, 2.05) is 13.0 Å². The molecular formula is C15H26O4Si. The number of carbonyl (C=O) groups excluding carboxylic acids is 1. The van der Waals surface area contributed by atoms with Crippen LogP contribution in [0.4, 0.5) is 0 Å². The van der Waals surface area contributed by atoms with Crippen LogP contribution in [-0.2, 0) is 16.0 Å². The molecule has 1 aromatic heterocycles. The Labute approximate surface area is 122 Å². The highest BCUT2D eigenvalue weighted by Gasteiger charge is 2.39. The quantitative estimate of drug-likeness (QED) is 0.607. The molecule has 1 heterocycles. The Morgan fingerprint density at radius 1 is 1.35 bits per heavy atom. The van der Waals surface area contributed by atoms with Gasteiger partial charge in [0.1, 0.15) is 23.7 Å². The van der Waals surface area contributed by atoms with Gasteiger partial charge in [-0.3, -0.25) is 4.79 Å². The van der Waals surface area contributed by atoms with Crippen molar-refractivity contribution in [2.24, 2.45) is 0 Å². The van der Waals surface area contributed by atoms with Gasteiger partial charge in [-0.05, 0) is 32.0 Å². The summed E-state index contributed by atoms with van der Waals surface area (Å²) in [7, 11) is -1.90. The zero-order valence-corrected chi connectivity index (χ0v) is 14.6. The molecule has 0 bridgehead atoms. The first-order chi connectivity index (χ1) is 9.06. The number of esters is 1. The second-order valence-electron chi connectivity index (χ2n) is 6.48. The zero-order valence-electron chi connectivity index (χ0n) is 13.6. The molecule has 114 valence electrons. The lowest BCUT2D eigenvalue weighted by molar-refractivity contribution is -0.142. The summed E-state index contributed by atoms with van der Waals surface area (Å²) in [6.07, 6.45) is 0.148. The molecule has 0 saturated heterocycles. The van der Waals surface area contributed by atoms with Gasteiger partial charge >= 0.3 is 5.97 Å². The van der Waals surface area contributed by atoms with E-state index in [9.17, 15) is 4.79 Å². The Morgan fingerprint density at radius 3 is 2.45 bits per heavy atom. The number of aryl methyl sites for hydroxylation is 1. The lowest BCUT2D eigenvalue weighted by Crippen LogP contribution is -2.43. The van der Waals surface area contributed by atoms with Crippen molar-refractivity contribution in [1.82, 2.24) is 0 Å². The number of rotatable bonds is 5. The van der Waals surface area contributed by atoms with Crippen LogP contribution in [0.3, 0.4) is 0 Å². The van der Waals surface area contributed by atoms with E-state index in [4.69, 9.17) is 13.6 Å². The molecule has 0 aliphatic rings. The van der Waals surface area contributed by atoms with Gasteiger partial charge in [-0.25, -0.2) is 0 Å². The van der Waals surface area contributed by atoms with Crippen molar-refractivity contribution in [1.29, 1.82) is 0 Å². The molecule has 0 unspecified atom stereocenters. The van der Waals surface area contributed by atoms with Crippen LogP contribution in [0.1, 0.15) is 39.2 Å². The van der Waals surface area contributed by atoms with E-state index in [1.54, 1.807) is 6.92 Å². The van der Waals surface area contributed by atoms with Gasteiger partial charge in [0.05, 0.1) is 6.61 Å². The number of ether oxygens (including phenoxy) is 1. The average molecular weight is 298 g/mol. The van der Waals surface area contributed by atoms with Gasteiger partial charge in [-0.2, -0.15) is 0 Å². The minimum Gasteiger partial charge on any atom is -0.541 e. The molecule has 0 aliphatic carbocycles. The largest absolute Gasteiger partial charge is 0.541 e. The summed E-state index contributed by atoms with van der Waals surface area (Å²) in [4.78, 5) is 11.5. The maximum absolute atomic E-state index is 11.5. The highest BCUT2D eigenvalue weighted by atomic mass is 28.4. The van der Waals surface area contributed by atoms with Crippen molar-refractivity contribution < 1.29 is 18.4 Å². The Balaban J connectivity index is 2.83. The van der Waals surface area contributed by atoms with Crippen molar-refractivity contribution in [3.05, 3.63) is 17.6 Å². The fourth-order valence-electron chi connectivity index (χ4n) is 1.49. The highest BCUT2D eigenvalue weighted by molar-refractivity contribution is 6.74. The smallest absolute Gasteiger partial charge is 0.313 e. The van der Waals surface area contributed by atoms with Crippen LogP contribution in [0.5, 0.6) is 5.75 Å². The van der Waals surface area contributed by atoms with Gasteiger partial charge in [0, 0.05) is 6.07 Å². The van der Waals surface area contributed by atoms with E-state index in [1.165, 1.54) is 0 Å². The van der Waals surface area contributed by atoms with Gasteiger partial charge in [0.15, 0.2) is 0 Å². The first-order valence-corrected chi connectivity index (χ1v) is 9.91. The van der Waals surface area contributed by atoms with Crippen molar-refractivity contribution in [2.45, 2.75) is 59.2 Å². The van der Waals surface area contributed by atoms with Gasteiger partial charge in [0.2, 0.25) is 0 Å². The molecule has 0 aromatic carbocycles. The van der Waals surface area contributed by atoms with Crippen molar-refractivity contribution in [3.8, 4) is 5.75 Å². The highest BCUT2D eigenvalue weighted by Crippen LogP contribution is 2.38. The molecule has 0 radical (unpaired) electrons. The van der Waals surface area contributed by atoms with Crippen LogP contribution in [0, 0.1) is 6.92 Å². The summed E-state index contributed by atoms with van der Waals surface area (Å²) in [5.41, 5.74) is 0. The summed E-state index contributed by atoms with van der Waals surface area (Å²) in [6.45, 7) is 15.0. The van der Waals surface area contributed by atoms with Crippen LogP contribution in [0.15, 0.2) is 10.5 Å². The minimum absolute atomic E-state index is 0.123. The maximum atomic E-state index is 11.5. The predicted octanol–water partition coefficient (Wildman–Crippen LogP) is 4.08. The Morgan fingerprint density at radius 2 is 1.95 bits per heavy atom. The first kappa shape index (κ1) is 16.8. The molecule has 4 nitrogen and oxygen atoms in total. The van der Waals surface area contributed by atoms with E-state index in [-0.39, 0.29) is 17.4 Å². The number of carbonyl (C=O) groups is 1. The van der Waals surface area contributed by atoms with Gasteiger partial charge in [0.25, 0.3) is 8.32 Å². The van der Waals surface area contributed by atoms with Crippen molar-refractivity contribution in [3.63, 3.8) is 0 Å². The Hall–Kier alpha value is -1.23. The molecule has 1 aromatic rings. The van der Waals surface area contributed by atoms with E-state index < -0.39 is 8.32 Å². The molecule has 0 aliphatic heterocycles. The molecule has 5 heteroatoms. The molecule has 0 spiro atoms. The summed E-state index contributed by atoms with van der Waals surface area (Å²) < 4.78 is 16.7. The van der Waals surface area contributed by atoms with Crippen LogP contribution in [-0.4, -0.2) is 20.9 Å². The van der Waals surface area contributed by atoms with Crippen LogP contribution < -0.4 is 4.43 Å². The minimum atomic E-state index is -1.90.